The highest BCUT2D eigenvalue weighted by atomic mass is 35.5. The van der Waals surface area contributed by atoms with Crippen molar-refractivity contribution in [3.8, 4) is 0 Å². The monoisotopic (exact) mass is 318 g/mol. The fourth-order valence-corrected chi connectivity index (χ4v) is 2.51. The van der Waals surface area contributed by atoms with Gasteiger partial charge in [-0.05, 0) is 30.7 Å². The molecular formula is C14H14ClF3N2O. The molecule has 1 N–H and O–H groups in total. The molecule has 0 radical (unpaired) electrons. The third-order valence-electron chi connectivity index (χ3n) is 3.27. The molecule has 1 aliphatic rings. The minimum atomic E-state index is -4.44. The van der Waals surface area contributed by atoms with E-state index < -0.39 is 11.7 Å². The molecule has 1 amide bonds. The molecule has 1 aromatic rings. The fraction of sp³-hybridized carbons (Fsp3) is 0.357. The van der Waals surface area contributed by atoms with Crippen LogP contribution >= 0.6 is 11.6 Å². The van der Waals surface area contributed by atoms with Gasteiger partial charge in [0.05, 0.1) is 5.56 Å². The average Bonchev–Trinajstić information content (AvgIpc) is 2.84. The summed E-state index contributed by atoms with van der Waals surface area (Å²) in [7, 11) is 0. The fourth-order valence-electron chi connectivity index (χ4n) is 2.28. The van der Waals surface area contributed by atoms with Crippen molar-refractivity contribution >= 4 is 23.2 Å². The number of anilines is 1. The van der Waals surface area contributed by atoms with Gasteiger partial charge in [0.2, 0.25) is 5.91 Å². The van der Waals surface area contributed by atoms with Crippen LogP contribution in [-0.4, -0.2) is 29.9 Å². The highest BCUT2D eigenvalue weighted by Crippen LogP contribution is 2.33. The van der Waals surface area contributed by atoms with Crippen molar-refractivity contribution in [2.24, 2.45) is 0 Å². The number of halogens is 4. The molecule has 1 atom stereocenters. The van der Waals surface area contributed by atoms with E-state index in [1.54, 1.807) is 4.90 Å². The Hall–Kier alpha value is -1.69. The van der Waals surface area contributed by atoms with Gasteiger partial charge in [0.15, 0.2) is 0 Å². The maximum Gasteiger partial charge on any atom is 0.416 e. The molecular weight excluding hydrogens is 305 g/mol. The van der Waals surface area contributed by atoms with Gasteiger partial charge in [0.1, 0.15) is 0 Å². The zero-order valence-electron chi connectivity index (χ0n) is 11.1. The van der Waals surface area contributed by atoms with E-state index in [-0.39, 0.29) is 17.0 Å². The zero-order valence-corrected chi connectivity index (χ0v) is 11.8. The summed E-state index contributed by atoms with van der Waals surface area (Å²) in [4.78, 5) is 13.1. The van der Waals surface area contributed by atoms with E-state index in [9.17, 15) is 18.0 Å². The summed E-state index contributed by atoms with van der Waals surface area (Å²) in [6.07, 6.45) is -2.56. The third kappa shape index (κ3) is 3.91. The van der Waals surface area contributed by atoms with Crippen LogP contribution in [0.15, 0.2) is 30.9 Å². The van der Waals surface area contributed by atoms with E-state index in [2.05, 4.69) is 11.9 Å². The van der Waals surface area contributed by atoms with Gasteiger partial charge in [-0.15, -0.1) is 0 Å². The first kappa shape index (κ1) is 15.7. The van der Waals surface area contributed by atoms with E-state index >= 15 is 0 Å². The van der Waals surface area contributed by atoms with Crippen molar-refractivity contribution < 1.29 is 18.0 Å². The summed E-state index contributed by atoms with van der Waals surface area (Å²) in [5.41, 5.74) is -0.498. The lowest BCUT2D eigenvalue weighted by molar-refractivity contribution is -0.137. The molecule has 114 valence electrons. The van der Waals surface area contributed by atoms with Crippen LogP contribution in [0.2, 0.25) is 5.02 Å². The summed E-state index contributed by atoms with van der Waals surface area (Å²) in [5.74, 6) is -0.179. The second-order valence-electron chi connectivity index (χ2n) is 4.84. The lowest BCUT2D eigenvalue weighted by atomic mass is 10.1. The van der Waals surface area contributed by atoms with Gasteiger partial charge in [-0.3, -0.25) is 4.79 Å². The SMILES string of the molecule is C=CC(=O)N1CC[C@H](Nc2cc(Cl)cc(C(F)(F)F)c2)C1. The molecule has 2 rings (SSSR count). The zero-order chi connectivity index (χ0) is 15.6. The Morgan fingerprint density at radius 3 is 2.76 bits per heavy atom. The highest BCUT2D eigenvalue weighted by Gasteiger charge is 2.31. The van der Waals surface area contributed by atoms with Crippen LogP contribution in [0.5, 0.6) is 0 Å². The van der Waals surface area contributed by atoms with Gasteiger partial charge in [-0.1, -0.05) is 18.2 Å². The number of likely N-dealkylation sites (tertiary alicyclic amines) is 1. The van der Waals surface area contributed by atoms with Crippen LogP contribution in [0.25, 0.3) is 0 Å². The Kier molecular flexibility index (Phi) is 4.46. The number of carbonyl (C=O) groups excluding carboxylic acids is 1. The molecule has 0 saturated carbocycles. The van der Waals surface area contributed by atoms with Gasteiger partial charge in [0, 0.05) is 29.8 Å². The number of rotatable bonds is 3. The number of alkyl halides is 3. The molecule has 1 aromatic carbocycles. The molecule has 21 heavy (non-hydrogen) atoms. The summed E-state index contributed by atoms with van der Waals surface area (Å²) >= 11 is 5.73. The standard InChI is InChI=1S/C14H14ClF3N2O/c1-2-13(21)20-4-3-11(8-20)19-12-6-9(14(16,17)18)5-10(15)7-12/h2,5-7,11,19H,1,3-4,8H2/t11-/m0/s1. The highest BCUT2D eigenvalue weighted by molar-refractivity contribution is 6.30. The van der Waals surface area contributed by atoms with Crippen LogP contribution in [0.3, 0.4) is 0 Å². The summed E-state index contributed by atoms with van der Waals surface area (Å²) in [5, 5.41) is 3.01. The van der Waals surface area contributed by atoms with Gasteiger partial charge in [-0.2, -0.15) is 13.2 Å². The molecule has 0 aromatic heterocycles. The first-order chi connectivity index (χ1) is 9.79. The second-order valence-corrected chi connectivity index (χ2v) is 5.28. The van der Waals surface area contributed by atoms with Crippen molar-refractivity contribution in [2.45, 2.75) is 18.6 Å². The molecule has 0 unspecified atom stereocenters. The van der Waals surface area contributed by atoms with Crippen molar-refractivity contribution in [2.75, 3.05) is 18.4 Å². The molecule has 1 fully saturated rings. The van der Waals surface area contributed by atoms with Gasteiger partial charge in [-0.25, -0.2) is 0 Å². The lowest BCUT2D eigenvalue weighted by Crippen LogP contribution is -2.30. The predicted octanol–water partition coefficient (Wildman–Crippen LogP) is 3.56. The van der Waals surface area contributed by atoms with E-state index in [0.717, 1.165) is 12.1 Å². The maximum absolute atomic E-state index is 12.7. The van der Waals surface area contributed by atoms with E-state index in [1.807, 2.05) is 0 Å². The van der Waals surface area contributed by atoms with Crippen molar-refractivity contribution in [3.05, 3.63) is 41.4 Å². The predicted molar refractivity (Wildman–Crippen MR) is 75.3 cm³/mol. The van der Waals surface area contributed by atoms with E-state index in [0.29, 0.717) is 25.2 Å². The molecule has 0 bridgehead atoms. The number of benzene rings is 1. The largest absolute Gasteiger partial charge is 0.416 e. The number of nitrogens with zero attached hydrogens (tertiary/aromatic N) is 1. The van der Waals surface area contributed by atoms with Crippen LogP contribution in [0.1, 0.15) is 12.0 Å². The van der Waals surface area contributed by atoms with Crippen molar-refractivity contribution in [3.63, 3.8) is 0 Å². The van der Waals surface area contributed by atoms with Gasteiger partial charge < -0.3 is 10.2 Å². The van der Waals surface area contributed by atoms with E-state index in [1.165, 1.54) is 12.1 Å². The minimum absolute atomic E-state index is 0.0179. The smallest absolute Gasteiger partial charge is 0.380 e. The molecule has 0 spiro atoms. The number of amides is 1. The van der Waals surface area contributed by atoms with Crippen LogP contribution in [-0.2, 0) is 11.0 Å². The lowest BCUT2D eigenvalue weighted by Gasteiger charge is -2.17. The number of nitrogens with one attached hydrogen (secondary N) is 1. The van der Waals surface area contributed by atoms with Crippen LogP contribution in [0, 0.1) is 0 Å². The molecule has 1 heterocycles. The Morgan fingerprint density at radius 2 is 2.14 bits per heavy atom. The Balaban J connectivity index is 2.09. The molecule has 1 saturated heterocycles. The minimum Gasteiger partial charge on any atom is -0.380 e. The van der Waals surface area contributed by atoms with Crippen molar-refractivity contribution in [1.82, 2.24) is 4.90 Å². The number of carbonyl (C=O) groups is 1. The molecule has 7 heteroatoms. The molecule has 1 aliphatic heterocycles. The Morgan fingerprint density at radius 1 is 1.43 bits per heavy atom. The average molecular weight is 319 g/mol. The van der Waals surface area contributed by atoms with E-state index in [4.69, 9.17) is 11.6 Å². The normalized spacial score (nSPS) is 18.7. The quantitative estimate of drug-likeness (QED) is 0.864. The number of hydrogen-bond donors (Lipinski definition) is 1. The van der Waals surface area contributed by atoms with Crippen LogP contribution < -0.4 is 5.32 Å². The molecule has 0 aliphatic carbocycles. The molecule has 3 nitrogen and oxygen atoms in total. The van der Waals surface area contributed by atoms with Gasteiger partial charge >= 0.3 is 6.18 Å². The first-order valence-electron chi connectivity index (χ1n) is 6.35. The first-order valence-corrected chi connectivity index (χ1v) is 6.73. The second kappa shape index (κ2) is 5.97. The maximum atomic E-state index is 12.7. The summed E-state index contributed by atoms with van der Waals surface area (Å²) < 4.78 is 38.2. The van der Waals surface area contributed by atoms with Crippen molar-refractivity contribution in [1.29, 1.82) is 0 Å². The topological polar surface area (TPSA) is 32.3 Å². The number of hydrogen-bond acceptors (Lipinski definition) is 2. The summed E-state index contributed by atoms with van der Waals surface area (Å²) in [6, 6.07) is 3.24. The Labute approximate surface area is 125 Å². The third-order valence-corrected chi connectivity index (χ3v) is 3.49. The van der Waals surface area contributed by atoms with Gasteiger partial charge in [0.25, 0.3) is 0 Å². The summed E-state index contributed by atoms with van der Waals surface area (Å²) in [6.45, 7) is 4.39. The van der Waals surface area contributed by atoms with Crippen LogP contribution in [0.4, 0.5) is 18.9 Å². The Bertz CT molecular complexity index is 560.